The molecule has 0 N–H and O–H groups in total. The SMILES string of the molecule is CCN(CC)C(=O)/C(C#N)=C\c1cccn1-c1ccc(Cl)cc1. The minimum absolute atomic E-state index is 0.127. The Labute approximate surface area is 141 Å². The maximum atomic E-state index is 12.4. The molecular weight excluding hydrogens is 310 g/mol. The van der Waals surface area contributed by atoms with Crippen LogP contribution in [0.3, 0.4) is 0 Å². The Bertz CT molecular complexity index is 749. The third kappa shape index (κ3) is 3.82. The quantitative estimate of drug-likeness (QED) is 0.617. The average Bonchev–Trinajstić information content (AvgIpc) is 3.02. The zero-order valence-corrected chi connectivity index (χ0v) is 13.9. The van der Waals surface area contributed by atoms with Crippen molar-refractivity contribution in [1.82, 2.24) is 9.47 Å². The summed E-state index contributed by atoms with van der Waals surface area (Å²) in [4.78, 5) is 14.0. The number of nitrogens with zero attached hydrogens (tertiary/aromatic N) is 3. The second kappa shape index (κ2) is 7.66. The molecule has 5 heteroatoms. The second-order valence-electron chi connectivity index (χ2n) is 4.93. The van der Waals surface area contributed by atoms with E-state index in [0.29, 0.717) is 18.1 Å². The normalized spacial score (nSPS) is 11.1. The van der Waals surface area contributed by atoms with Gasteiger partial charge in [-0.2, -0.15) is 5.26 Å². The number of hydrogen-bond acceptors (Lipinski definition) is 2. The molecule has 2 aromatic rings. The number of benzene rings is 1. The molecule has 118 valence electrons. The van der Waals surface area contributed by atoms with Crippen molar-refractivity contribution in [3.63, 3.8) is 0 Å². The number of carbonyl (C=O) groups excluding carboxylic acids is 1. The topological polar surface area (TPSA) is 49.0 Å². The highest BCUT2D eigenvalue weighted by Gasteiger charge is 2.16. The molecule has 1 aromatic carbocycles. The molecule has 0 bridgehead atoms. The van der Waals surface area contributed by atoms with Gasteiger partial charge in [0.1, 0.15) is 11.6 Å². The van der Waals surface area contributed by atoms with Crippen LogP contribution in [-0.4, -0.2) is 28.5 Å². The second-order valence-corrected chi connectivity index (χ2v) is 5.36. The van der Waals surface area contributed by atoms with Crippen LogP contribution in [-0.2, 0) is 4.79 Å². The van der Waals surface area contributed by atoms with E-state index < -0.39 is 0 Å². The summed E-state index contributed by atoms with van der Waals surface area (Å²) in [5.74, 6) is -0.249. The predicted molar refractivity (Wildman–Crippen MR) is 92.3 cm³/mol. The zero-order valence-electron chi connectivity index (χ0n) is 13.2. The van der Waals surface area contributed by atoms with Crippen LogP contribution in [0.25, 0.3) is 11.8 Å². The smallest absolute Gasteiger partial charge is 0.264 e. The number of carbonyl (C=O) groups is 1. The first-order valence-corrected chi connectivity index (χ1v) is 7.82. The van der Waals surface area contributed by atoms with Crippen molar-refractivity contribution < 1.29 is 4.79 Å². The molecule has 4 nitrogen and oxygen atoms in total. The molecule has 0 aliphatic carbocycles. The molecule has 23 heavy (non-hydrogen) atoms. The third-order valence-corrected chi connectivity index (χ3v) is 3.83. The van der Waals surface area contributed by atoms with Crippen molar-refractivity contribution in [1.29, 1.82) is 5.26 Å². The summed E-state index contributed by atoms with van der Waals surface area (Å²) in [6.07, 6.45) is 3.50. The maximum absolute atomic E-state index is 12.4. The van der Waals surface area contributed by atoms with Crippen LogP contribution in [0.15, 0.2) is 48.2 Å². The summed E-state index contributed by atoms with van der Waals surface area (Å²) in [5, 5.41) is 10.0. The van der Waals surface area contributed by atoms with E-state index in [1.807, 2.05) is 54.9 Å². The van der Waals surface area contributed by atoms with Crippen molar-refractivity contribution in [2.45, 2.75) is 13.8 Å². The molecule has 0 aliphatic rings. The van der Waals surface area contributed by atoms with Crippen LogP contribution in [0.2, 0.25) is 5.02 Å². The third-order valence-electron chi connectivity index (χ3n) is 3.58. The van der Waals surface area contributed by atoms with Crippen LogP contribution >= 0.6 is 11.6 Å². The minimum atomic E-state index is -0.249. The van der Waals surface area contributed by atoms with Gasteiger partial charge in [0.2, 0.25) is 0 Å². The molecule has 1 amide bonds. The molecule has 0 atom stereocenters. The number of hydrogen-bond donors (Lipinski definition) is 0. The molecule has 0 fully saturated rings. The van der Waals surface area contributed by atoms with Gasteiger partial charge in [-0.25, -0.2) is 0 Å². The lowest BCUT2D eigenvalue weighted by molar-refractivity contribution is -0.126. The van der Waals surface area contributed by atoms with Gasteiger partial charge in [0, 0.05) is 35.7 Å². The summed E-state index contributed by atoms with van der Waals surface area (Å²) in [7, 11) is 0. The van der Waals surface area contributed by atoms with Crippen LogP contribution in [0, 0.1) is 11.3 Å². The van der Waals surface area contributed by atoms with E-state index in [4.69, 9.17) is 11.6 Å². The summed E-state index contributed by atoms with van der Waals surface area (Å²) in [5.41, 5.74) is 1.81. The Kier molecular flexibility index (Phi) is 5.61. The van der Waals surface area contributed by atoms with Gasteiger partial charge in [-0.3, -0.25) is 4.79 Å². The standard InChI is InChI=1S/C18H18ClN3O/c1-3-21(4-2)18(23)14(13-20)12-17-6-5-11-22(17)16-9-7-15(19)8-10-16/h5-12H,3-4H2,1-2H3/b14-12-. The largest absolute Gasteiger partial charge is 0.339 e. The van der Waals surface area contributed by atoms with Crippen LogP contribution in [0.4, 0.5) is 0 Å². The molecule has 0 saturated heterocycles. The highest BCUT2D eigenvalue weighted by molar-refractivity contribution is 6.30. The van der Waals surface area contributed by atoms with Gasteiger partial charge >= 0.3 is 0 Å². The van der Waals surface area contributed by atoms with E-state index in [-0.39, 0.29) is 11.5 Å². The molecule has 2 rings (SSSR count). The number of nitriles is 1. The maximum Gasteiger partial charge on any atom is 0.264 e. The molecule has 0 unspecified atom stereocenters. The molecule has 0 radical (unpaired) electrons. The Hall–Kier alpha value is -2.51. The van der Waals surface area contributed by atoms with E-state index in [2.05, 4.69) is 0 Å². The highest BCUT2D eigenvalue weighted by Crippen LogP contribution is 2.18. The Balaban J connectivity index is 2.39. The number of likely N-dealkylation sites (N-methyl/N-ethyl adjacent to an activating group) is 1. The van der Waals surface area contributed by atoms with E-state index in [9.17, 15) is 10.1 Å². The van der Waals surface area contributed by atoms with E-state index >= 15 is 0 Å². The van der Waals surface area contributed by atoms with Crippen molar-refractivity contribution in [3.8, 4) is 11.8 Å². The van der Waals surface area contributed by atoms with Gasteiger partial charge in [0.15, 0.2) is 0 Å². The van der Waals surface area contributed by atoms with Crippen molar-refractivity contribution in [2.75, 3.05) is 13.1 Å². The van der Waals surface area contributed by atoms with Gasteiger partial charge in [-0.05, 0) is 56.3 Å². The van der Waals surface area contributed by atoms with E-state index in [1.165, 1.54) is 0 Å². The summed E-state index contributed by atoms with van der Waals surface area (Å²) in [6, 6.07) is 13.1. The Morgan fingerprint density at radius 3 is 2.48 bits per heavy atom. The van der Waals surface area contributed by atoms with E-state index in [0.717, 1.165) is 11.4 Å². The average molecular weight is 328 g/mol. The molecule has 1 aromatic heterocycles. The first-order chi connectivity index (χ1) is 11.1. The van der Waals surface area contributed by atoms with Gasteiger partial charge < -0.3 is 9.47 Å². The fraction of sp³-hybridized carbons (Fsp3) is 0.222. The van der Waals surface area contributed by atoms with Gasteiger partial charge in [0.05, 0.1) is 0 Å². The molecule has 1 heterocycles. The number of rotatable bonds is 5. The van der Waals surface area contributed by atoms with Crippen molar-refractivity contribution in [3.05, 3.63) is 58.9 Å². The number of amides is 1. The van der Waals surface area contributed by atoms with Crippen LogP contribution in [0.1, 0.15) is 19.5 Å². The molecule has 0 aliphatic heterocycles. The van der Waals surface area contributed by atoms with Crippen LogP contribution in [0.5, 0.6) is 0 Å². The monoisotopic (exact) mass is 327 g/mol. The number of aromatic nitrogens is 1. The fourth-order valence-corrected chi connectivity index (χ4v) is 2.45. The van der Waals surface area contributed by atoms with Gasteiger partial charge in [-0.1, -0.05) is 11.6 Å². The minimum Gasteiger partial charge on any atom is -0.339 e. The summed E-state index contributed by atoms with van der Waals surface area (Å²) < 4.78 is 1.91. The Morgan fingerprint density at radius 1 is 1.26 bits per heavy atom. The first kappa shape index (κ1) is 16.9. The molecule has 0 saturated carbocycles. The zero-order chi connectivity index (χ0) is 16.8. The van der Waals surface area contributed by atoms with E-state index in [1.54, 1.807) is 23.1 Å². The molecule has 0 spiro atoms. The van der Waals surface area contributed by atoms with Crippen molar-refractivity contribution >= 4 is 23.6 Å². The first-order valence-electron chi connectivity index (χ1n) is 7.45. The summed E-state index contributed by atoms with van der Waals surface area (Å²) in [6.45, 7) is 4.94. The predicted octanol–water partition coefficient (Wildman–Crippen LogP) is 3.91. The lowest BCUT2D eigenvalue weighted by atomic mass is 10.2. The lowest BCUT2D eigenvalue weighted by Gasteiger charge is -2.17. The highest BCUT2D eigenvalue weighted by atomic mass is 35.5. The van der Waals surface area contributed by atoms with Gasteiger partial charge in [0.25, 0.3) is 5.91 Å². The summed E-state index contributed by atoms with van der Waals surface area (Å²) >= 11 is 5.91. The van der Waals surface area contributed by atoms with Crippen molar-refractivity contribution in [2.24, 2.45) is 0 Å². The van der Waals surface area contributed by atoms with Crippen LogP contribution < -0.4 is 0 Å². The lowest BCUT2D eigenvalue weighted by Crippen LogP contribution is -2.31. The molecular formula is C18H18ClN3O. The fourth-order valence-electron chi connectivity index (χ4n) is 2.32. The Morgan fingerprint density at radius 2 is 1.91 bits per heavy atom. The van der Waals surface area contributed by atoms with Gasteiger partial charge in [-0.15, -0.1) is 0 Å². The number of halogens is 1.